The lowest BCUT2D eigenvalue weighted by Crippen LogP contribution is -2.04. The molecular weight excluding hydrogens is 277 g/mol. The molecule has 1 aromatic carbocycles. The lowest BCUT2D eigenvalue weighted by atomic mass is 10.2. The second-order valence-corrected chi connectivity index (χ2v) is 4.00. The smallest absolute Gasteiger partial charge is 0.226 e. The van der Waals surface area contributed by atoms with Gasteiger partial charge in [-0.3, -0.25) is 0 Å². The van der Waals surface area contributed by atoms with Crippen molar-refractivity contribution in [3.05, 3.63) is 22.7 Å². The van der Waals surface area contributed by atoms with Crippen molar-refractivity contribution in [3.8, 4) is 5.88 Å². The fraction of sp³-hybridized carbons (Fsp3) is 0.200. The Kier molecular flexibility index (Phi) is 3.19. The molecule has 16 heavy (non-hydrogen) atoms. The molecule has 84 valence electrons. The molecule has 0 saturated heterocycles. The summed E-state index contributed by atoms with van der Waals surface area (Å²) in [7, 11) is 0. The summed E-state index contributed by atoms with van der Waals surface area (Å²) in [4.78, 5) is 7.99. The molecule has 0 unspecified atom stereocenters. The zero-order chi connectivity index (χ0) is 11.5. The average Bonchev–Trinajstić information content (AvgIpc) is 2.26. The van der Waals surface area contributed by atoms with Gasteiger partial charge in [-0.2, -0.15) is 4.98 Å². The molecule has 0 aliphatic rings. The minimum atomic E-state index is -0.570. The molecule has 2 rings (SSSR count). The number of hydrogen-bond donors (Lipinski definition) is 1. The van der Waals surface area contributed by atoms with Gasteiger partial charge < -0.3 is 10.5 Å². The van der Waals surface area contributed by atoms with Crippen LogP contribution in [0, 0.1) is 0 Å². The van der Waals surface area contributed by atoms with E-state index in [-0.39, 0.29) is 12.6 Å². The maximum Gasteiger partial charge on any atom is 0.226 e. The lowest BCUT2D eigenvalue weighted by Gasteiger charge is -2.07. The van der Waals surface area contributed by atoms with E-state index in [4.69, 9.17) is 10.5 Å². The Bertz CT molecular complexity index is 521. The van der Waals surface area contributed by atoms with E-state index in [0.717, 1.165) is 4.47 Å². The van der Waals surface area contributed by atoms with Crippen LogP contribution in [0.2, 0.25) is 0 Å². The number of aromatic nitrogens is 2. The first-order valence-corrected chi connectivity index (χ1v) is 5.41. The van der Waals surface area contributed by atoms with Gasteiger partial charge >= 0.3 is 0 Å². The van der Waals surface area contributed by atoms with E-state index >= 15 is 0 Å². The Morgan fingerprint density at radius 2 is 2.19 bits per heavy atom. The summed E-state index contributed by atoms with van der Waals surface area (Å²) >= 11 is 3.34. The van der Waals surface area contributed by atoms with E-state index in [1.54, 1.807) is 6.07 Å². The number of anilines is 1. The van der Waals surface area contributed by atoms with Crippen molar-refractivity contribution in [2.45, 2.75) is 0 Å². The Labute approximate surface area is 99.8 Å². The topological polar surface area (TPSA) is 61.0 Å². The van der Waals surface area contributed by atoms with Crippen molar-refractivity contribution in [3.63, 3.8) is 0 Å². The molecular formula is C10H9BrFN3O. The Morgan fingerprint density at radius 3 is 2.94 bits per heavy atom. The van der Waals surface area contributed by atoms with Gasteiger partial charge in [-0.15, -0.1) is 0 Å². The number of alkyl halides is 1. The largest absolute Gasteiger partial charge is 0.474 e. The Hall–Kier alpha value is -1.43. The van der Waals surface area contributed by atoms with Crippen LogP contribution in [0.5, 0.6) is 5.88 Å². The highest BCUT2D eigenvalue weighted by Crippen LogP contribution is 2.26. The minimum Gasteiger partial charge on any atom is -0.474 e. The number of nitrogen functional groups attached to an aromatic ring is 1. The Balaban J connectivity index is 2.55. The molecule has 4 nitrogen and oxygen atoms in total. The van der Waals surface area contributed by atoms with Crippen LogP contribution in [-0.4, -0.2) is 23.2 Å². The summed E-state index contributed by atoms with van der Waals surface area (Å²) in [5, 5.41) is 0.706. The SMILES string of the molecule is Nc1nc(OCCF)c2cc(Br)ccc2n1. The molecule has 0 saturated carbocycles. The third-order valence-corrected chi connectivity index (χ3v) is 2.45. The number of nitrogens with zero attached hydrogens (tertiary/aromatic N) is 2. The normalized spacial score (nSPS) is 10.6. The third kappa shape index (κ3) is 2.21. The number of hydrogen-bond acceptors (Lipinski definition) is 4. The highest BCUT2D eigenvalue weighted by atomic mass is 79.9. The summed E-state index contributed by atoms with van der Waals surface area (Å²) in [5.74, 6) is 0.421. The zero-order valence-electron chi connectivity index (χ0n) is 8.28. The van der Waals surface area contributed by atoms with Crippen molar-refractivity contribution < 1.29 is 9.13 Å². The van der Waals surface area contributed by atoms with Gasteiger partial charge in [-0.25, -0.2) is 9.37 Å². The van der Waals surface area contributed by atoms with Crippen molar-refractivity contribution >= 4 is 32.8 Å². The van der Waals surface area contributed by atoms with Crippen LogP contribution in [0.4, 0.5) is 10.3 Å². The molecule has 0 fully saturated rings. The standard InChI is InChI=1S/C10H9BrFN3O/c11-6-1-2-8-7(5-6)9(16-4-3-12)15-10(13)14-8/h1-2,5H,3-4H2,(H2,13,14,15). The van der Waals surface area contributed by atoms with Crippen LogP contribution in [0.15, 0.2) is 22.7 Å². The summed E-state index contributed by atoms with van der Waals surface area (Å²) in [6.45, 7) is -0.614. The van der Waals surface area contributed by atoms with Gasteiger partial charge in [0.1, 0.15) is 13.3 Å². The monoisotopic (exact) mass is 285 g/mol. The average molecular weight is 286 g/mol. The molecule has 0 bridgehead atoms. The molecule has 0 aliphatic heterocycles. The van der Waals surface area contributed by atoms with Crippen LogP contribution in [-0.2, 0) is 0 Å². The predicted molar refractivity (Wildman–Crippen MR) is 63.1 cm³/mol. The first-order chi connectivity index (χ1) is 7.70. The second-order valence-electron chi connectivity index (χ2n) is 3.09. The van der Waals surface area contributed by atoms with Crippen molar-refractivity contribution in [1.82, 2.24) is 9.97 Å². The quantitative estimate of drug-likeness (QED) is 0.940. The third-order valence-electron chi connectivity index (χ3n) is 1.96. The number of nitrogens with two attached hydrogens (primary N) is 1. The number of ether oxygens (including phenoxy) is 1. The number of rotatable bonds is 3. The van der Waals surface area contributed by atoms with E-state index in [0.29, 0.717) is 16.8 Å². The first kappa shape index (κ1) is 11.1. The van der Waals surface area contributed by atoms with Crippen LogP contribution in [0.1, 0.15) is 0 Å². The molecule has 2 N–H and O–H groups in total. The van der Waals surface area contributed by atoms with Crippen LogP contribution in [0.3, 0.4) is 0 Å². The molecule has 1 aromatic heterocycles. The molecule has 0 atom stereocenters. The highest BCUT2D eigenvalue weighted by Gasteiger charge is 2.07. The van der Waals surface area contributed by atoms with Crippen LogP contribution >= 0.6 is 15.9 Å². The van der Waals surface area contributed by atoms with Gasteiger partial charge in [0, 0.05) is 4.47 Å². The second kappa shape index (κ2) is 4.61. The lowest BCUT2D eigenvalue weighted by molar-refractivity contribution is 0.267. The van der Waals surface area contributed by atoms with Gasteiger partial charge in [0.25, 0.3) is 0 Å². The molecule has 0 spiro atoms. The highest BCUT2D eigenvalue weighted by molar-refractivity contribution is 9.10. The van der Waals surface area contributed by atoms with Crippen LogP contribution in [0.25, 0.3) is 10.9 Å². The molecule has 0 radical (unpaired) electrons. The minimum absolute atomic E-state index is 0.0436. The van der Waals surface area contributed by atoms with Crippen LogP contribution < -0.4 is 10.5 Å². The zero-order valence-corrected chi connectivity index (χ0v) is 9.87. The molecule has 6 heteroatoms. The fourth-order valence-corrected chi connectivity index (χ4v) is 1.70. The first-order valence-electron chi connectivity index (χ1n) is 4.62. The van der Waals surface area contributed by atoms with Gasteiger partial charge in [-0.1, -0.05) is 15.9 Å². The van der Waals surface area contributed by atoms with Crippen molar-refractivity contribution in [2.75, 3.05) is 19.0 Å². The predicted octanol–water partition coefficient (Wildman–Crippen LogP) is 2.32. The molecule has 2 aromatic rings. The molecule has 1 heterocycles. The van der Waals surface area contributed by atoms with E-state index < -0.39 is 6.67 Å². The summed E-state index contributed by atoms with van der Waals surface area (Å²) in [5.41, 5.74) is 6.20. The van der Waals surface area contributed by atoms with Gasteiger partial charge in [0.15, 0.2) is 0 Å². The summed E-state index contributed by atoms with van der Waals surface area (Å²) in [6.07, 6.45) is 0. The van der Waals surface area contributed by atoms with E-state index in [1.807, 2.05) is 12.1 Å². The van der Waals surface area contributed by atoms with E-state index in [1.165, 1.54) is 0 Å². The van der Waals surface area contributed by atoms with E-state index in [2.05, 4.69) is 25.9 Å². The maximum absolute atomic E-state index is 12.0. The number of benzene rings is 1. The fourth-order valence-electron chi connectivity index (χ4n) is 1.34. The van der Waals surface area contributed by atoms with Crippen molar-refractivity contribution in [1.29, 1.82) is 0 Å². The van der Waals surface area contributed by atoms with Gasteiger partial charge in [0.2, 0.25) is 11.8 Å². The number of halogens is 2. The van der Waals surface area contributed by atoms with Gasteiger partial charge in [-0.05, 0) is 18.2 Å². The Morgan fingerprint density at radius 1 is 1.38 bits per heavy atom. The van der Waals surface area contributed by atoms with Crippen molar-refractivity contribution in [2.24, 2.45) is 0 Å². The van der Waals surface area contributed by atoms with Gasteiger partial charge in [0.05, 0.1) is 10.9 Å². The molecule has 0 aliphatic carbocycles. The summed E-state index contributed by atoms with van der Waals surface area (Å²) in [6, 6.07) is 5.44. The van der Waals surface area contributed by atoms with E-state index in [9.17, 15) is 4.39 Å². The molecule has 0 amide bonds. The maximum atomic E-state index is 12.0. The number of fused-ring (bicyclic) bond motifs is 1. The summed E-state index contributed by atoms with van der Waals surface area (Å²) < 4.78 is 18.1.